The molecule has 0 atom stereocenters. The highest BCUT2D eigenvalue weighted by molar-refractivity contribution is 5.98. The van der Waals surface area contributed by atoms with Gasteiger partial charge in [0, 0.05) is 32.4 Å². The predicted molar refractivity (Wildman–Crippen MR) is 122 cm³/mol. The summed E-state index contributed by atoms with van der Waals surface area (Å²) in [6.07, 6.45) is 5.52. The van der Waals surface area contributed by atoms with Crippen molar-refractivity contribution in [1.82, 2.24) is 20.2 Å². The number of likely N-dealkylation sites (tertiary alicyclic amines) is 1. The average molecular weight is 411 g/mol. The monoisotopic (exact) mass is 410 g/mol. The number of piperidine rings is 1. The molecule has 7 nitrogen and oxygen atoms in total. The van der Waals surface area contributed by atoms with Gasteiger partial charge < -0.3 is 20.9 Å². The van der Waals surface area contributed by atoms with E-state index in [1.54, 1.807) is 6.20 Å². The van der Waals surface area contributed by atoms with Crippen LogP contribution in [0.3, 0.4) is 0 Å². The van der Waals surface area contributed by atoms with Crippen molar-refractivity contribution in [2.45, 2.75) is 39.7 Å². The van der Waals surface area contributed by atoms with Crippen LogP contribution in [0.2, 0.25) is 0 Å². The van der Waals surface area contributed by atoms with Gasteiger partial charge in [-0.05, 0) is 37.4 Å². The molecule has 3 rings (SSSR count). The van der Waals surface area contributed by atoms with Gasteiger partial charge in [0.1, 0.15) is 11.4 Å². The van der Waals surface area contributed by atoms with E-state index in [2.05, 4.69) is 44.7 Å². The Hall–Kier alpha value is -2.67. The molecular weight excluding hydrogens is 376 g/mol. The van der Waals surface area contributed by atoms with Gasteiger partial charge in [-0.2, -0.15) is 4.98 Å². The van der Waals surface area contributed by atoms with Crippen LogP contribution in [-0.4, -0.2) is 53.5 Å². The molecule has 2 heterocycles. The lowest BCUT2D eigenvalue weighted by Crippen LogP contribution is -2.34. The summed E-state index contributed by atoms with van der Waals surface area (Å²) in [5, 5.41) is 9.58. The second kappa shape index (κ2) is 11.5. The van der Waals surface area contributed by atoms with Gasteiger partial charge in [-0.25, -0.2) is 4.98 Å². The molecule has 0 aliphatic carbocycles. The summed E-state index contributed by atoms with van der Waals surface area (Å²) in [6, 6.07) is 9.87. The number of nitrogens with zero attached hydrogens (tertiary/aromatic N) is 3. The Labute approximate surface area is 179 Å². The van der Waals surface area contributed by atoms with Crippen molar-refractivity contribution >= 4 is 17.7 Å². The van der Waals surface area contributed by atoms with Crippen LogP contribution >= 0.6 is 0 Å². The Kier molecular flexibility index (Phi) is 8.44. The second-order valence-corrected chi connectivity index (χ2v) is 8.23. The number of benzene rings is 1. The van der Waals surface area contributed by atoms with Crippen molar-refractivity contribution in [2.75, 3.05) is 43.4 Å². The number of carbonyl (C=O) groups is 1. The lowest BCUT2D eigenvalue weighted by atomic mass is 10.1. The zero-order chi connectivity index (χ0) is 21.2. The van der Waals surface area contributed by atoms with Gasteiger partial charge in [-0.3, -0.25) is 4.79 Å². The maximum atomic E-state index is 12.8. The molecule has 0 radical (unpaired) electrons. The lowest BCUT2D eigenvalue weighted by Gasteiger charge is -2.26. The molecule has 0 unspecified atom stereocenters. The summed E-state index contributed by atoms with van der Waals surface area (Å²) in [7, 11) is 0. The molecule has 0 saturated carbocycles. The van der Waals surface area contributed by atoms with E-state index >= 15 is 0 Å². The summed E-state index contributed by atoms with van der Waals surface area (Å²) < 4.78 is 0. The molecule has 1 saturated heterocycles. The second-order valence-electron chi connectivity index (χ2n) is 8.23. The summed E-state index contributed by atoms with van der Waals surface area (Å²) in [5.41, 5.74) is 1.52. The lowest BCUT2D eigenvalue weighted by molar-refractivity contribution is 0.0951. The number of carbonyl (C=O) groups excluding carboxylic acids is 1. The number of hydrogen-bond donors (Lipinski definition) is 3. The third-order valence-electron chi connectivity index (χ3n) is 5.17. The maximum Gasteiger partial charge on any atom is 0.256 e. The van der Waals surface area contributed by atoms with Crippen molar-refractivity contribution in [2.24, 2.45) is 5.92 Å². The molecule has 162 valence electrons. The number of amides is 1. The first kappa shape index (κ1) is 22.0. The van der Waals surface area contributed by atoms with Gasteiger partial charge >= 0.3 is 0 Å². The van der Waals surface area contributed by atoms with Gasteiger partial charge in [0.15, 0.2) is 0 Å². The molecule has 2 aromatic rings. The van der Waals surface area contributed by atoms with Crippen LogP contribution in [0.5, 0.6) is 0 Å². The zero-order valence-electron chi connectivity index (χ0n) is 18.2. The molecule has 7 heteroatoms. The number of hydrogen-bond acceptors (Lipinski definition) is 6. The highest BCUT2D eigenvalue weighted by Gasteiger charge is 2.15. The fraction of sp³-hybridized carbons (Fsp3) is 0.522. The van der Waals surface area contributed by atoms with Gasteiger partial charge in [0.05, 0.1) is 0 Å². The van der Waals surface area contributed by atoms with Gasteiger partial charge in [-0.1, -0.05) is 50.6 Å². The molecule has 0 bridgehead atoms. The van der Waals surface area contributed by atoms with Crippen molar-refractivity contribution in [3.8, 4) is 0 Å². The number of rotatable bonds is 10. The van der Waals surface area contributed by atoms with E-state index in [9.17, 15) is 4.79 Å². The quantitative estimate of drug-likeness (QED) is 0.557. The van der Waals surface area contributed by atoms with E-state index in [0.717, 1.165) is 25.2 Å². The predicted octanol–water partition coefficient (Wildman–Crippen LogP) is 3.37. The van der Waals surface area contributed by atoms with Gasteiger partial charge in [0.2, 0.25) is 5.95 Å². The standard InChI is InChI=1S/C23H34N6O/c1-18(2)15-25-21-20(22(30)26-16-19-9-5-3-6-10-19)17-27-23(28-21)24-11-14-29-12-7-4-8-13-29/h3,5-6,9-10,17-18H,4,7-8,11-16H2,1-2H3,(H,26,30)(H2,24,25,27,28). The minimum absolute atomic E-state index is 0.176. The molecule has 1 aliphatic heterocycles. The van der Waals surface area contributed by atoms with Gasteiger partial charge in [0.25, 0.3) is 5.91 Å². The van der Waals surface area contributed by atoms with Crippen molar-refractivity contribution in [1.29, 1.82) is 0 Å². The summed E-state index contributed by atoms with van der Waals surface area (Å²) in [5.74, 6) is 1.39. The van der Waals surface area contributed by atoms with Crippen molar-refractivity contribution < 1.29 is 4.79 Å². The SMILES string of the molecule is CC(C)CNc1nc(NCCN2CCCCC2)ncc1C(=O)NCc1ccccc1. The molecule has 1 amide bonds. The molecule has 30 heavy (non-hydrogen) atoms. The molecule has 1 aromatic heterocycles. The van der Waals surface area contributed by atoms with Crippen molar-refractivity contribution in [3.05, 3.63) is 47.7 Å². The third kappa shape index (κ3) is 6.99. The summed E-state index contributed by atoms with van der Waals surface area (Å²) in [6.45, 7) is 9.58. The van der Waals surface area contributed by atoms with E-state index in [1.165, 1.54) is 32.4 Å². The van der Waals surface area contributed by atoms with Crippen LogP contribution in [0.15, 0.2) is 36.5 Å². The molecule has 1 aromatic carbocycles. The normalized spacial score (nSPS) is 14.5. The number of anilines is 2. The number of nitrogens with one attached hydrogen (secondary N) is 3. The molecule has 0 spiro atoms. The first-order valence-electron chi connectivity index (χ1n) is 11.0. The first-order valence-corrected chi connectivity index (χ1v) is 11.0. The van der Waals surface area contributed by atoms with E-state index in [1.807, 2.05) is 30.3 Å². The molecule has 1 fully saturated rings. The van der Waals surface area contributed by atoms with Crippen LogP contribution in [0, 0.1) is 5.92 Å². The topological polar surface area (TPSA) is 82.2 Å². The molecule has 3 N–H and O–H groups in total. The third-order valence-corrected chi connectivity index (χ3v) is 5.17. The Morgan fingerprint density at radius 1 is 1.10 bits per heavy atom. The zero-order valence-corrected chi connectivity index (χ0v) is 18.2. The van der Waals surface area contributed by atoms with Gasteiger partial charge in [-0.15, -0.1) is 0 Å². The van der Waals surface area contributed by atoms with E-state index in [4.69, 9.17) is 0 Å². The van der Waals surface area contributed by atoms with Crippen LogP contribution < -0.4 is 16.0 Å². The Morgan fingerprint density at radius 2 is 1.87 bits per heavy atom. The van der Waals surface area contributed by atoms with E-state index in [-0.39, 0.29) is 5.91 Å². The highest BCUT2D eigenvalue weighted by atomic mass is 16.1. The minimum Gasteiger partial charge on any atom is -0.369 e. The average Bonchev–Trinajstić information content (AvgIpc) is 2.77. The van der Waals surface area contributed by atoms with Crippen LogP contribution in [-0.2, 0) is 6.54 Å². The van der Waals surface area contributed by atoms with Crippen LogP contribution in [0.4, 0.5) is 11.8 Å². The van der Waals surface area contributed by atoms with Crippen LogP contribution in [0.25, 0.3) is 0 Å². The molecule has 1 aliphatic rings. The smallest absolute Gasteiger partial charge is 0.256 e. The summed E-state index contributed by atoms with van der Waals surface area (Å²) >= 11 is 0. The fourth-order valence-corrected chi connectivity index (χ4v) is 3.45. The largest absolute Gasteiger partial charge is 0.369 e. The van der Waals surface area contributed by atoms with Crippen LogP contribution in [0.1, 0.15) is 49.0 Å². The Bertz CT molecular complexity index is 790. The van der Waals surface area contributed by atoms with Crippen molar-refractivity contribution in [3.63, 3.8) is 0 Å². The maximum absolute atomic E-state index is 12.8. The summed E-state index contributed by atoms with van der Waals surface area (Å²) in [4.78, 5) is 24.2. The Balaban J connectivity index is 1.61. The highest BCUT2D eigenvalue weighted by Crippen LogP contribution is 2.15. The van der Waals surface area contributed by atoms with E-state index < -0.39 is 0 Å². The molecular formula is C23H34N6O. The van der Waals surface area contributed by atoms with E-state index in [0.29, 0.717) is 29.8 Å². The first-order chi connectivity index (χ1) is 14.6. The Morgan fingerprint density at radius 3 is 2.60 bits per heavy atom. The fourth-order valence-electron chi connectivity index (χ4n) is 3.45. The minimum atomic E-state index is -0.176. The number of aromatic nitrogens is 2.